The first-order chi connectivity index (χ1) is 9.09. The van der Waals surface area contributed by atoms with Gasteiger partial charge in [0.1, 0.15) is 0 Å². The Morgan fingerprint density at radius 3 is 2.63 bits per heavy atom. The molecule has 3 nitrogen and oxygen atoms in total. The smallest absolute Gasteiger partial charge is 0.163 e. The Hall–Kier alpha value is -1.04. The predicted molar refractivity (Wildman–Crippen MR) is 67.7 cm³/mol. The number of aliphatic hydroxyl groups excluding tert-OH is 1. The van der Waals surface area contributed by atoms with Gasteiger partial charge in [-0.3, -0.25) is 4.90 Å². The number of aliphatic hydroxyl groups is 1. The van der Waals surface area contributed by atoms with Crippen molar-refractivity contribution in [3.05, 3.63) is 35.4 Å². The van der Waals surface area contributed by atoms with Crippen molar-refractivity contribution in [2.45, 2.75) is 24.9 Å². The highest BCUT2D eigenvalue weighted by atomic mass is 19.2. The lowest BCUT2D eigenvalue weighted by Crippen LogP contribution is -2.52. The van der Waals surface area contributed by atoms with Gasteiger partial charge in [-0.05, 0) is 26.0 Å². The van der Waals surface area contributed by atoms with Gasteiger partial charge in [0.15, 0.2) is 11.6 Å². The molecule has 1 aromatic carbocycles. The van der Waals surface area contributed by atoms with Gasteiger partial charge >= 0.3 is 0 Å². The summed E-state index contributed by atoms with van der Waals surface area (Å²) in [4.78, 5) is 1.90. The Kier molecular flexibility index (Phi) is 4.50. The molecule has 0 atom stereocenters. The third-order valence-electron chi connectivity index (χ3n) is 3.97. The van der Waals surface area contributed by atoms with Crippen LogP contribution < -0.4 is 0 Å². The van der Waals surface area contributed by atoms with E-state index in [2.05, 4.69) is 0 Å². The van der Waals surface area contributed by atoms with Gasteiger partial charge < -0.3 is 9.84 Å². The molecule has 1 aromatic rings. The predicted octanol–water partition coefficient (Wildman–Crippen LogP) is 1.94. The average molecular weight is 271 g/mol. The molecule has 0 amide bonds. The summed E-state index contributed by atoms with van der Waals surface area (Å²) in [6.07, 6.45) is 1.38. The molecule has 19 heavy (non-hydrogen) atoms. The fourth-order valence-corrected chi connectivity index (χ4v) is 2.51. The summed E-state index contributed by atoms with van der Waals surface area (Å²) in [6, 6.07) is 4.17. The van der Waals surface area contributed by atoms with Crippen molar-refractivity contribution >= 4 is 0 Å². The molecule has 0 bridgehead atoms. The zero-order valence-corrected chi connectivity index (χ0v) is 11.0. The number of rotatable bonds is 4. The monoisotopic (exact) mass is 271 g/mol. The Labute approximate surface area is 111 Å². The number of nitrogens with zero attached hydrogens (tertiary/aromatic N) is 1. The standard InChI is InChI=1S/C14H19F2NO2/c1-17(14(10-18)5-7-19-8-6-14)9-11-3-2-4-12(15)13(11)16/h2-4,18H,5-10H2,1H3. The maximum atomic E-state index is 13.7. The van der Waals surface area contributed by atoms with E-state index < -0.39 is 17.2 Å². The van der Waals surface area contributed by atoms with Gasteiger partial charge in [-0.2, -0.15) is 0 Å². The lowest BCUT2D eigenvalue weighted by atomic mass is 9.89. The van der Waals surface area contributed by atoms with Crippen LogP contribution >= 0.6 is 0 Å². The third-order valence-corrected chi connectivity index (χ3v) is 3.97. The Morgan fingerprint density at radius 1 is 1.32 bits per heavy atom. The quantitative estimate of drug-likeness (QED) is 0.908. The lowest BCUT2D eigenvalue weighted by Gasteiger charge is -2.43. The lowest BCUT2D eigenvalue weighted by molar-refractivity contribution is -0.0496. The molecule has 1 aliphatic rings. The van der Waals surface area contributed by atoms with Gasteiger partial charge in [0.25, 0.3) is 0 Å². The molecule has 0 radical (unpaired) electrons. The van der Waals surface area contributed by atoms with Crippen LogP contribution in [0.5, 0.6) is 0 Å². The first kappa shape index (κ1) is 14.4. The van der Waals surface area contributed by atoms with Crippen molar-refractivity contribution in [3.8, 4) is 0 Å². The summed E-state index contributed by atoms with van der Waals surface area (Å²) in [6.45, 7) is 1.42. The van der Waals surface area contributed by atoms with E-state index in [0.29, 0.717) is 31.6 Å². The first-order valence-electron chi connectivity index (χ1n) is 6.42. The van der Waals surface area contributed by atoms with E-state index in [4.69, 9.17) is 4.74 Å². The molecular formula is C14H19F2NO2. The normalized spacial score (nSPS) is 18.8. The number of halogens is 2. The van der Waals surface area contributed by atoms with Crippen molar-refractivity contribution in [2.24, 2.45) is 0 Å². The van der Waals surface area contributed by atoms with Crippen LogP contribution in [0.3, 0.4) is 0 Å². The molecular weight excluding hydrogens is 252 g/mol. The van der Waals surface area contributed by atoms with E-state index in [1.54, 1.807) is 6.07 Å². The van der Waals surface area contributed by atoms with Crippen LogP contribution in [0, 0.1) is 11.6 Å². The number of hydrogen-bond acceptors (Lipinski definition) is 3. The van der Waals surface area contributed by atoms with E-state index in [1.165, 1.54) is 6.07 Å². The van der Waals surface area contributed by atoms with Crippen molar-refractivity contribution in [1.29, 1.82) is 0 Å². The second-order valence-corrected chi connectivity index (χ2v) is 5.06. The minimum absolute atomic E-state index is 0.0101. The van der Waals surface area contributed by atoms with E-state index in [0.717, 1.165) is 6.07 Å². The maximum absolute atomic E-state index is 13.7. The fourth-order valence-electron chi connectivity index (χ4n) is 2.51. The topological polar surface area (TPSA) is 32.7 Å². The summed E-state index contributed by atoms with van der Waals surface area (Å²) in [5.41, 5.74) is -0.0985. The second kappa shape index (κ2) is 5.94. The van der Waals surface area contributed by atoms with E-state index in [-0.39, 0.29) is 13.2 Å². The van der Waals surface area contributed by atoms with Crippen LogP contribution in [0.25, 0.3) is 0 Å². The number of benzene rings is 1. The summed E-state index contributed by atoms with van der Waals surface area (Å²) in [5, 5.41) is 9.65. The summed E-state index contributed by atoms with van der Waals surface area (Å²) in [5.74, 6) is -1.65. The van der Waals surface area contributed by atoms with Crippen LogP contribution in [0.2, 0.25) is 0 Å². The molecule has 1 saturated heterocycles. The molecule has 2 rings (SSSR count). The van der Waals surface area contributed by atoms with Crippen molar-refractivity contribution in [1.82, 2.24) is 4.90 Å². The molecule has 0 spiro atoms. The van der Waals surface area contributed by atoms with Gasteiger partial charge in [-0.15, -0.1) is 0 Å². The summed E-state index contributed by atoms with van der Waals surface area (Å²) < 4.78 is 32.2. The van der Waals surface area contributed by atoms with E-state index >= 15 is 0 Å². The first-order valence-corrected chi connectivity index (χ1v) is 6.42. The highest BCUT2D eigenvalue weighted by Gasteiger charge is 2.36. The molecule has 1 fully saturated rings. The summed E-state index contributed by atoms with van der Waals surface area (Å²) >= 11 is 0. The van der Waals surface area contributed by atoms with E-state index in [1.807, 2.05) is 11.9 Å². The van der Waals surface area contributed by atoms with Crippen LogP contribution in [-0.2, 0) is 11.3 Å². The zero-order valence-electron chi connectivity index (χ0n) is 11.0. The molecule has 0 unspecified atom stereocenters. The molecule has 1 aliphatic heterocycles. The molecule has 0 saturated carbocycles. The number of likely N-dealkylation sites (N-methyl/N-ethyl adjacent to an activating group) is 1. The minimum atomic E-state index is -0.837. The average Bonchev–Trinajstić information content (AvgIpc) is 2.44. The van der Waals surface area contributed by atoms with Crippen LogP contribution in [-0.4, -0.2) is 42.4 Å². The van der Waals surface area contributed by atoms with Crippen LogP contribution in [0.15, 0.2) is 18.2 Å². The van der Waals surface area contributed by atoms with Crippen LogP contribution in [0.1, 0.15) is 18.4 Å². The number of ether oxygens (including phenoxy) is 1. The summed E-state index contributed by atoms with van der Waals surface area (Å²) in [7, 11) is 1.83. The highest BCUT2D eigenvalue weighted by molar-refractivity contribution is 5.19. The largest absolute Gasteiger partial charge is 0.394 e. The molecule has 0 aliphatic carbocycles. The van der Waals surface area contributed by atoms with Gasteiger partial charge in [0.2, 0.25) is 0 Å². The van der Waals surface area contributed by atoms with Crippen molar-refractivity contribution in [3.63, 3.8) is 0 Å². The zero-order chi connectivity index (χ0) is 13.9. The molecule has 106 valence electrons. The highest BCUT2D eigenvalue weighted by Crippen LogP contribution is 2.28. The Bertz CT molecular complexity index is 433. The number of hydrogen-bond donors (Lipinski definition) is 1. The molecule has 1 N–H and O–H groups in total. The van der Waals surface area contributed by atoms with Crippen molar-refractivity contribution < 1.29 is 18.6 Å². The van der Waals surface area contributed by atoms with Gasteiger partial charge in [-0.25, -0.2) is 8.78 Å². The van der Waals surface area contributed by atoms with Crippen LogP contribution in [0.4, 0.5) is 8.78 Å². The Balaban J connectivity index is 2.15. The Morgan fingerprint density at radius 2 is 2.00 bits per heavy atom. The van der Waals surface area contributed by atoms with Gasteiger partial charge in [0.05, 0.1) is 6.61 Å². The van der Waals surface area contributed by atoms with Crippen molar-refractivity contribution in [2.75, 3.05) is 26.9 Å². The van der Waals surface area contributed by atoms with Gasteiger partial charge in [0, 0.05) is 30.9 Å². The molecule has 5 heteroatoms. The van der Waals surface area contributed by atoms with Gasteiger partial charge in [-0.1, -0.05) is 12.1 Å². The fraction of sp³-hybridized carbons (Fsp3) is 0.571. The second-order valence-electron chi connectivity index (χ2n) is 5.06. The minimum Gasteiger partial charge on any atom is -0.394 e. The molecule has 1 heterocycles. The third kappa shape index (κ3) is 2.94. The molecule has 0 aromatic heterocycles. The van der Waals surface area contributed by atoms with E-state index in [9.17, 15) is 13.9 Å². The SMILES string of the molecule is CN(Cc1cccc(F)c1F)C1(CO)CCOCC1. The maximum Gasteiger partial charge on any atom is 0.163 e.